The number of furan rings is 1. The molecule has 0 aliphatic heterocycles. The highest BCUT2D eigenvalue weighted by molar-refractivity contribution is 7.92. The van der Waals surface area contributed by atoms with Crippen LogP contribution in [0.25, 0.3) is 21.9 Å². The number of carbonyl (C=O) groups is 1. The standard InChI is InChI=1S/C29H26N2O5S/c1-3-35-27-11-7-5-9-25(27)31(37(2,33)34)19-20-12-14-21(15-13-20)29(32)30-22-16-17-24-23-8-4-6-10-26(23)36-28(24)18-22/h4-18H,3,19H2,1-2H3,(H,30,32). The van der Waals surface area contributed by atoms with Crippen LogP contribution in [0.2, 0.25) is 0 Å². The number of rotatable bonds is 8. The molecule has 0 saturated carbocycles. The second-order valence-corrected chi connectivity index (χ2v) is 10.5. The lowest BCUT2D eigenvalue weighted by Crippen LogP contribution is -2.29. The maximum Gasteiger partial charge on any atom is 0.255 e. The smallest absolute Gasteiger partial charge is 0.255 e. The van der Waals surface area contributed by atoms with Gasteiger partial charge in [0.15, 0.2) is 0 Å². The van der Waals surface area contributed by atoms with Crippen molar-refractivity contribution >= 4 is 49.2 Å². The van der Waals surface area contributed by atoms with Gasteiger partial charge in [0.25, 0.3) is 5.91 Å². The van der Waals surface area contributed by atoms with Crippen molar-refractivity contribution in [2.75, 3.05) is 22.5 Å². The highest BCUT2D eigenvalue weighted by Gasteiger charge is 2.21. The number of sulfonamides is 1. The van der Waals surface area contributed by atoms with Gasteiger partial charge < -0.3 is 14.5 Å². The van der Waals surface area contributed by atoms with Crippen LogP contribution < -0.4 is 14.4 Å². The summed E-state index contributed by atoms with van der Waals surface area (Å²) < 4.78 is 38.1. The number of nitrogens with zero attached hydrogens (tertiary/aromatic N) is 1. The molecule has 37 heavy (non-hydrogen) atoms. The summed E-state index contributed by atoms with van der Waals surface area (Å²) in [6.07, 6.45) is 1.16. The van der Waals surface area contributed by atoms with Crippen molar-refractivity contribution in [3.8, 4) is 5.75 Å². The third-order valence-corrected chi connectivity index (χ3v) is 7.14. The molecule has 0 bridgehead atoms. The van der Waals surface area contributed by atoms with Crippen molar-refractivity contribution in [1.82, 2.24) is 0 Å². The molecule has 0 fully saturated rings. The van der Waals surface area contributed by atoms with E-state index in [9.17, 15) is 13.2 Å². The molecule has 188 valence electrons. The fourth-order valence-corrected chi connectivity index (χ4v) is 5.15. The summed E-state index contributed by atoms with van der Waals surface area (Å²) in [5.74, 6) is 0.219. The summed E-state index contributed by atoms with van der Waals surface area (Å²) in [6, 6.07) is 27.3. The van der Waals surface area contributed by atoms with E-state index in [-0.39, 0.29) is 12.5 Å². The van der Waals surface area contributed by atoms with Crippen LogP contribution in [0.4, 0.5) is 11.4 Å². The normalized spacial score (nSPS) is 11.5. The lowest BCUT2D eigenvalue weighted by molar-refractivity contribution is 0.102. The Balaban J connectivity index is 1.34. The molecule has 0 saturated heterocycles. The zero-order valence-electron chi connectivity index (χ0n) is 20.5. The molecule has 7 nitrogen and oxygen atoms in total. The third kappa shape index (κ3) is 5.15. The number of hydrogen-bond acceptors (Lipinski definition) is 5. The van der Waals surface area contributed by atoms with Crippen LogP contribution in [0, 0.1) is 0 Å². The Morgan fingerprint density at radius 2 is 1.59 bits per heavy atom. The monoisotopic (exact) mass is 514 g/mol. The van der Waals surface area contributed by atoms with E-state index in [1.165, 1.54) is 4.31 Å². The van der Waals surface area contributed by atoms with E-state index in [1.807, 2.05) is 43.3 Å². The van der Waals surface area contributed by atoms with Crippen molar-refractivity contribution in [3.05, 3.63) is 102 Å². The number of nitrogens with one attached hydrogen (secondary N) is 1. The topological polar surface area (TPSA) is 88.8 Å². The molecular weight excluding hydrogens is 488 g/mol. The lowest BCUT2D eigenvalue weighted by Gasteiger charge is -2.24. The molecule has 1 amide bonds. The van der Waals surface area contributed by atoms with Crippen molar-refractivity contribution in [1.29, 1.82) is 0 Å². The second-order valence-electron chi connectivity index (χ2n) is 8.63. The van der Waals surface area contributed by atoms with Crippen LogP contribution in [0.15, 0.2) is 95.4 Å². The van der Waals surface area contributed by atoms with Gasteiger partial charge >= 0.3 is 0 Å². The molecule has 0 radical (unpaired) electrons. The SMILES string of the molecule is CCOc1ccccc1N(Cc1ccc(C(=O)Nc2ccc3c(c2)oc2ccccc23)cc1)S(C)(=O)=O. The largest absolute Gasteiger partial charge is 0.492 e. The van der Waals surface area contributed by atoms with E-state index in [0.29, 0.717) is 34.9 Å². The maximum atomic E-state index is 12.9. The lowest BCUT2D eigenvalue weighted by atomic mass is 10.1. The molecule has 1 N–H and O–H groups in total. The fourth-order valence-electron chi connectivity index (χ4n) is 4.26. The van der Waals surface area contributed by atoms with Crippen molar-refractivity contribution in [2.45, 2.75) is 13.5 Å². The molecule has 0 unspecified atom stereocenters. The van der Waals surface area contributed by atoms with Gasteiger partial charge in [0, 0.05) is 28.1 Å². The summed E-state index contributed by atoms with van der Waals surface area (Å²) in [6.45, 7) is 2.37. The highest BCUT2D eigenvalue weighted by atomic mass is 32.2. The van der Waals surface area contributed by atoms with Gasteiger partial charge in [-0.1, -0.05) is 42.5 Å². The van der Waals surface area contributed by atoms with E-state index < -0.39 is 10.0 Å². The minimum Gasteiger partial charge on any atom is -0.492 e. The van der Waals surface area contributed by atoms with E-state index in [1.54, 1.807) is 54.6 Å². The fraction of sp³-hybridized carbons (Fsp3) is 0.138. The molecule has 5 aromatic rings. The van der Waals surface area contributed by atoms with Crippen LogP contribution in [-0.4, -0.2) is 27.2 Å². The Morgan fingerprint density at radius 3 is 2.35 bits per heavy atom. The Hall–Kier alpha value is -4.30. The number of fused-ring (bicyclic) bond motifs is 3. The van der Waals surface area contributed by atoms with Gasteiger partial charge in [0.1, 0.15) is 16.9 Å². The predicted octanol–water partition coefficient (Wildman–Crippen LogP) is 6.20. The molecule has 5 rings (SSSR count). The summed E-state index contributed by atoms with van der Waals surface area (Å²) in [4.78, 5) is 12.9. The van der Waals surface area contributed by atoms with Crippen molar-refractivity contribution in [3.63, 3.8) is 0 Å². The quantitative estimate of drug-likeness (QED) is 0.266. The van der Waals surface area contributed by atoms with Crippen LogP contribution in [0.3, 0.4) is 0 Å². The second kappa shape index (κ2) is 9.99. The van der Waals surface area contributed by atoms with Crippen LogP contribution in [-0.2, 0) is 16.6 Å². The summed E-state index contributed by atoms with van der Waals surface area (Å²) in [5.41, 5.74) is 3.77. The zero-order chi connectivity index (χ0) is 26.0. The first kappa shape index (κ1) is 24.4. The van der Waals surface area contributed by atoms with Gasteiger partial charge in [-0.25, -0.2) is 8.42 Å². The first-order chi connectivity index (χ1) is 17.8. The van der Waals surface area contributed by atoms with Gasteiger partial charge in [0.2, 0.25) is 10.0 Å². The highest BCUT2D eigenvalue weighted by Crippen LogP contribution is 2.32. The van der Waals surface area contributed by atoms with Crippen LogP contribution in [0.5, 0.6) is 5.75 Å². The van der Waals surface area contributed by atoms with Gasteiger partial charge in [-0.05, 0) is 55.0 Å². The Labute approximate surface area is 215 Å². The molecule has 1 aromatic heterocycles. The first-order valence-corrected chi connectivity index (χ1v) is 13.7. The predicted molar refractivity (Wildman–Crippen MR) is 147 cm³/mol. The van der Waals surface area contributed by atoms with Gasteiger partial charge in [-0.15, -0.1) is 0 Å². The molecule has 4 aromatic carbocycles. The Kier molecular flexibility index (Phi) is 6.58. The molecule has 0 spiro atoms. The summed E-state index contributed by atoms with van der Waals surface area (Å²) >= 11 is 0. The van der Waals surface area contributed by atoms with Crippen molar-refractivity contribution < 1.29 is 22.4 Å². The van der Waals surface area contributed by atoms with Gasteiger partial charge in [-0.3, -0.25) is 9.10 Å². The minimum atomic E-state index is -3.59. The maximum absolute atomic E-state index is 12.9. The summed E-state index contributed by atoms with van der Waals surface area (Å²) in [7, 11) is -3.59. The number of ether oxygens (including phenoxy) is 1. The third-order valence-electron chi connectivity index (χ3n) is 6.01. The Bertz CT molecular complexity index is 1690. The van der Waals surface area contributed by atoms with E-state index in [2.05, 4.69) is 5.32 Å². The average Bonchev–Trinajstić information content (AvgIpc) is 3.25. The van der Waals surface area contributed by atoms with Gasteiger partial charge in [0.05, 0.1) is 25.1 Å². The number of carbonyl (C=O) groups excluding carboxylic acids is 1. The van der Waals surface area contributed by atoms with Crippen molar-refractivity contribution in [2.24, 2.45) is 0 Å². The van der Waals surface area contributed by atoms with Crippen LogP contribution >= 0.6 is 0 Å². The molecule has 0 atom stereocenters. The first-order valence-electron chi connectivity index (χ1n) is 11.8. The number of hydrogen-bond donors (Lipinski definition) is 1. The zero-order valence-corrected chi connectivity index (χ0v) is 21.3. The Morgan fingerprint density at radius 1 is 0.892 bits per heavy atom. The molecule has 1 heterocycles. The number of amides is 1. The molecule has 0 aliphatic carbocycles. The van der Waals surface area contributed by atoms with E-state index >= 15 is 0 Å². The minimum absolute atomic E-state index is 0.105. The molecule has 0 aliphatic rings. The van der Waals surface area contributed by atoms with Crippen LogP contribution in [0.1, 0.15) is 22.8 Å². The number of para-hydroxylation sites is 3. The molecular formula is C29H26N2O5S. The number of anilines is 2. The summed E-state index contributed by atoms with van der Waals surface area (Å²) in [5, 5.41) is 4.92. The average molecular weight is 515 g/mol. The molecule has 8 heteroatoms. The number of benzene rings is 4. The van der Waals surface area contributed by atoms with E-state index in [0.717, 1.165) is 28.2 Å². The van der Waals surface area contributed by atoms with Gasteiger partial charge in [-0.2, -0.15) is 0 Å². The van der Waals surface area contributed by atoms with E-state index in [4.69, 9.17) is 9.15 Å².